The number of nitrogens with one attached hydrogen (secondary N) is 2. The molecule has 0 heterocycles. The van der Waals surface area contributed by atoms with Crippen LogP contribution in [0.2, 0.25) is 0 Å². The van der Waals surface area contributed by atoms with Gasteiger partial charge in [0, 0.05) is 17.7 Å². The van der Waals surface area contributed by atoms with Gasteiger partial charge in [0.2, 0.25) is 5.91 Å². The van der Waals surface area contributed by atoms with Crippen LogP contribution >= 0.6 is 0 Å². The smallest absolute Gasteiger partial charge is 0.416 e. The molecule has 3 aromatic carbocycles. The van der Waals surface area contributed by atoms with E-state index in [9.17, 15) is 22.8 Å². The Labute approximate surface area is 188 Å². The molecule has 0 saturated heterocycles. The molecule has 0 atom stereocenters. The van der Waals surface area contributed by atoms with E-state index < -0.39 is 17.6 Å². The Kier molecular flexibility index (Phi) is 7.22. The van der Waals surface area contributed by atoms with Gasteiger partial charge in [0.25, 0.3) is 5.91 Å². The molecule has 2 amide bonds. The van der Waals surface area contributed by atoms with Crippen molar-refractivity contribution < 1.29 is 32.2 Å². The lowest BCUT2D eigenvalue weighted by Gasteiger charge is -2.16. The zero-order valence-electron chi connectivity index (χ0n) is 17.8. The summed E-state index contributed by atoms with van der Waals surface area (Å²) in [5, 5.41) is 5.40. The number of methoxy groups -OCH3 is 2. The van der Waals surface area contributed by atoms with Crippen molar-refractivity contribution in [1.29, 1.82) is 0 Å². The molecule has 6 nitrogen and oxygen atoms in total. The standard InChI is InChI=1S/C24H21F3N2O4/c1-32-20-14-19(29-23(31)16-6-4-3-5-7-16)21(33-2)13-18(20)28-22(30)12-15-8-10-17(11-9-15)24(25,26)27/h3-11,13-14H,12H2,1-2H3,(H,28,30)(H,29,31). The molecule has 33 heavy (non-hydrogen) atoms. The number of hydrogen-bond donors (Lipinski definition) is 2. The molecule has 3 rings (SSSR count). The zero-order chi connectivity index (χ0) is 24.0. The number of carbonyl (C=O) groups is 2. The monoisotopic (exact) mass is 458 g/mol. The van der Waals surface area contributed by atoms with Crippen molar-refractivity contribution in [3.05, 3.63) is 83.4 Å². The molecule has 0 unspecified atom stereocenters. The summed E-state index contributed by atoms with van der Waals surface area (Å²) in [6.45, 7) is 0. The van der Waals surface area contributed by atoms with Gasteiger partial charge in [-0.2, -0.15) is 13.2 Å². The minimum Gasteiger partial charge on any atom is -0.494 e. The third-order valence-electron chi connectivity index (χ3n) is 4.73. The predicted molar refractivity (Wildman–Crippen MR) is 118 cm³/mol. The summed E-state index contributed by atoms with van der Waals surface area (Å²) < 4.78 is 48.8. The van der Waals surface area contributed by atoms with Crippen LogP contribution in [-0.4, -0.2) is 26.0 Å². The molecule has 0 radical (unpaired) electrons. The minimum absolute atomic E-state index is 0.143. The van der Waals surface area contributed by atoms with Gasteiger partial charge in [-0.1, -0.05) is 30.3 Å². The fraction of sp³-hybridized carbons (Fsp3) is 0.167. The molecule has 2 N–H and O–H groups in total. The van der Waals surface area contributed by atoms with Gasteiger partial charge in [-0.05, 0) is 29.8 Å². The normalized spacial score (nSPS) is 10.9. The van der Waals surface area contributed by atoms with Crippen LogP contribution < -0.4 is 20.1 Å². The lowest BCUT2D eigenvalue weighted by molar-refractivity contribution is -0.137. The third kappa shape index (κ3) is 6.03. The van der Waals surface area contributed by atoms with Gasteiger partial charge >= 0.3 is 6.18 Å². The molecule has 0 aliphatic heterocycles. The average Bonchev–Trinajstić information content (AvgIpc) is 2.80. The summed E-state index contributed by atoms with van der Waals surface area (Å²) in [5.74, 6) is -0.268. The van der Waals surface area contributed by atoms with Crippen LogP contribution in [0.25, 0.3) is 0 Å². The highest BCUT2D eigenvalue weighted by Gasteiger charge is 2.30. The molecule has 0 fully saturated rings. The van der Waals surface area contributed by atoms with E-state index in [0.717, 1.165) is 12.1 Å². The van der Waals surface area contributed by atoms with Gasteiger partial charge < -0.3 is 20.1 Å². The van der Waals surface area contributed by atoms with E-state index in [0.29, 0.717) is 16.8 Å². The summed E-state index contributed by atoms with van der Waals surface area (Å²) in [6.07, 6.45) is -4.58. The van der Waals surface area contributed by atoms with Crippen molar-refractivity contribution in [1.82, 2.24) is 0 Å². The topological polar surface area (TPSA) is 76.7 Å². The van der Waals surface area contributed by atoms with E-state index in [1.54, 1.807) is 30.3 Å². The van der Waals surface area contributed by atoms with E-state index in [4.69, 9.17) is 9.47 Å². The highest BCUT2D eigenvalue weighted by atomic mass is 19.4. The maximum Gasteiger partial charge on any atom is 0.416 e. The largest absolute Gasteiger partial charge is 0.494 e. The second-order valence-electron chi connectivity index (χ2n) is 6.99. The first kappa shape index (κ1) is 23.6. The van der Waals surface area contributed by atoms with Crippen LogP contribution in [-0.2, 0) is 17.4 Å². The molecular weight excluding hydrogens is 437 g/mol. The first-order valence-corrected chi connectivity index (χ1v) is 9.79. The molecular formula is C24H21F3N2O4. The second kappa shape index (κ2) is 10.1. The number of carbonyl (C=O) groups excluding carboxylic acids is 2. The van der Waals surface area contributed by atoms with Crippen LogP contribution in [0.15, 0.2) is 66.7 Å². The maximum absolute atomic E-state index is 12.7. The Hall–Kier alpha value is -4.01. The van der Waals surface area contributed by atoms with Gasteiger partial charge in [0.15, 0.2) is 0 Å². The molecule has 0 aliphatic carbocycles. The molecule has 0 bridgehead atoms. The number of alkyl halides is 3. The fourth-order valence-electron chi connectivity index (χ4n) is 3.07. The van der Waals surface area contributed by atoms with Gasteiger partial charge in [0.1, 0.15) is 11.5 Å². The Bertz CT molecular complexity index is 1130. The lowest BCUT2D eigenvalue weighted by atomic mass is 10.1. The van der Waals surface area contributed by atoms with Gasteiger partial charge in [-0.3, -0.25) is 9.59 Å². The Morgan fingerprint density at radius 3 is 1.88 bits per heavy atom. The Morgan fingerprint density at radius 2 is 1.36 bits per heavy atom. The van der Waals surface area contributed by atoms with Crippen molar-refractivity contribution in [2.24, 2.45) is 0 Å². The molecule has 3 aromatic rings. The number of amides is 2. The third-order valence-corrected chi connectivity index (χ3v) is 4.73. The summed E-state index contributed by atoms with van der Waals surface area (Å²) in [6, 6.07) is 15.9. The molecule has 0 aliphatic rings. The zero-order valence-corrected chi connectivity index (χ0v) is 17.8. The van der Waals surface area contributed by atoms with E-state index in [-0.39, 0.29) is 29.5 Å². The van der Waals surface area contributed by atoms with Crippen LogP contribution in [0.4, 0.5) is 24.5 Å². The van der Waals surface area contributed by atoms with Crippen LogP contribution in [0.1, 0.15) is 21.5 Å². The number of rotatable bonds is 7. The highest BCUT2D eigenvalue weighted by Crippen LogP contribution is 2.37. The first-order chi connectivity index (χ1) is 15.7. The van der Waals surface area contributed by atoms with E-state index >= 15 is 0 Å². The number of hydrogen-bond acceptors (Lipinski definition) is 4. The average molecular weight is 458 g/mol. The Morgan fingerprint density at radius 1 is 0.818 bits per heavy atom. The van der Waals surface area contributed by atoms with Crippen molar-refractivity contribution in [3.63, 3.8) is 0 Å². The summed E-state index contributed by atoms with van der Waals surface area (Å²) >= 11 is 0. The Balaban J connectivity index is 1.76. The number of halogens is 3. The second-order valence-corrected chi connectivity index (χ2v) is 6.99. The van der Waals surface area contributed by atoms with E-state index in [1.807, 2.05) is 0 Å². The SMILES string of the molecule is COc1cc(NC(=O)c2ccccc2)c(OC)cc1NC(=O)Cc1ccc(C(F)(F)F)cc1. The van der Waals surface area contributed by atoms with E-state index in [2.05, 4.69) is 10.6 Å². The molecule has 0 saturated carbocycles. The van der Waals surface area contributed by atoms with Crippen molar-refractivity contribution in [3.8, 4) is 11.5 Å². The maximum atomic E-state index is 12.7. The van der Waals surface area contributed by atoms with Gasteiger partial charge in [-0.25, -0.2) is 0 Å². The van der Waals surface area contributed by atoms with Gasteiger partial charge in [0.05, 0.1) is 37.6 Å². The molecule has 0 spiro atoms. The molecule has 9 heteroatoms. The predicted octanol–water partition coefficient (Wildman–Crippen LogP) is 5.16. The number of ether oxygens (including phenoxy) is 2. The van der Waals surface area contributed by atoms with Crippen LogP contribution in [0.3, 0.4) is 0 Å². The number of anilines is 2. The highest BCUT2D eigenvalue weighted by molar-refractivity contribution is 6.05. The molecule has 0 aromatic heterocycles. The van der Waals surface area contributed by atoms with Crippen LogP contribution in [0, 0.1) is 0 Å². The number of benzene rings is 3. The lowest BCUT2D eigenvalue weighted by Crippen LogP contribution is -2.16. The quantitative estimate of drug-likeness (QED) is 0.513. The van der Waals surface area contributed by atoms with Crippen molar-refractivity contribution in [2.45, 2.75) is 12.6 Å². The summed E-state index contributed by atoms with van der Waals surface area (Å²) in [5.41, 5.74) is 0.699. The van der Waals surface area contributed by atoms with Crippen LogP contribution in [0.5, 0.6) is 11.5 Å². The fourth-order valence-corrected chi connectivity index (χ4v) is 3.07. The minimum atomic E-state index is -4.44. The summed E-state index contributed by atoms with van der Waals surface area (Å²) in [7, 11) is 2.81. The van der Waals surface area contributed by atoms with E-state index in [1.165, 1.54) is 38.5 Å². The summed E-state index contributed by atoms with van der Waals surface area (Å²) in [4.78, 5) is 25.0. The van der Waals surface area contributed by atoms with Crippen molar-refractivity contribution >= 4 is 23.2 Å². The van der Waals surface area contributed by atoms with Crippen molar-refractivity contribution in [2.75, 3.05) is 24.9 Å². The van der Waals surface area contributed by atoms with Gasteiger partial charge in [-0.15, -0.1) is 0 Å². The first-order valence-electron chi connectivity index (χ1n) is 9.79. The molecule has 172 valence electrons.